The summed E-state index contributed by atoms with van der Waals surface area (Å²) in [7, 11) is 0. The van der Waals surface area contributed by atoms with Crippen LogP contribution in [0.2, 0.25) is 0 Å². The second-order valence-electron chi connectivity index (χ2n) is 4.35. The molecule has 1 nitrogen and oxygen atoms in total. The van der Waals surface area contributed by atoms with Gasteiger partial charge in [-0.3, -0.25) is 0 Å². The number of ether oxygens (including phenoxy) is 1. The van der Waals surface area contributed by atoms with Gasteiger partial charge in [-0.15, -0.1) is 0 Å². The Morgan fingerprint density at radius 1 is 1.25 bits per heavy atom. The van der Waals surface area contributed by atoms with E-state index < -0.39 is 0 Å². The first-order valence-corrected chi connectivity index (χ1v) is 6.14. The van der Waals surface area contributed by atoms with Gasteiger partial charge >= 0.3 is 0 Å². The second kappa shape index (κ2) is 3.67. The third kappa shape index (κ3) is 1.69. The van der Waals surface area contributed by atoms with E-state index in [4.69, 9.17) is 4.74 Å². The zero-order valence-corrected chi connectivity index (χ0v) is 9.11. The zero-order valence-electron chi connectivity index (χ0n) is 7.52. The minimum atomic E-state index is 0.503. The summed E-state index contributed by atoms with van der Waals surface area (Å²) >= 11 is 3.50. The number of hydrogen-bond donors (Lipinski definition) is 0. The van der Waals surface area contributed by atoms with Crippen molar-refractivity contribution in [3.63, 3.8) is 0 Å². The van der Waals surface area contributed by atoms with Crippen molar-refractivity contribution < 1.29 is 4.74 Å². The molecule has 1 heterocycles. The summed E-state index contributed by atoms with van der Waals surface area (Å²) in [5.41, 5.74) is 0.594. The number of alkyl halides is 1. The Hall–Kier alpha value is 0.440. The third-order valence-electron chi connectivity index (χ3n) is 3.37. The minimum Gasteiger partial charge on any atom is -0.377 e. The molecular formula is C10H17BrO. The summed E-state index contributed by atoms with van der Waals surface area (Å²) in [6.07, 6.45) is 8.94. The standard InChI is InChI=1S/C10H17BrO/c11-7-9-6-10(8-12-9)4-2-1-3-5-10/h9H,1-8H2. The van der Waals surface area contributed by atoms with Crippen LogP contribution in [0.3, 0.4) is 0 Å². The molecule has 0 aromatic rings. The normalized spacial score (nSPS) is 34.2. The molecule has 1 aliphatic carbocycles. The quantitative estimate of drug-likeness (QED) is 0.632. The predicted molar refractivity (Wildman–Crippen MR) is 53.7 cm³/mol. The van der Waals surface area contributed by atoms with Crippen LogP contribution in [0.15, 0.2) is 0 Å². The Kier molecular flexibility index (Phi) is 2.75. The molecule has 0 amide bonds. The third-order valence-corrected chi connectivity index (χ3v) is 4.09. The Morgan fingerprint density at radius 2 is 2.00 bits per heavy atom. The van der Waals surface area contributed by atoms with Gasteiger partial charge < -0.3 is 4.74 Å². The second-order valence-corrected chi connectivity index (χ2v) is 5.00. The Morgan fingerprint density at radius 3 is 2.58 bits per heavy atom. The summed E-state index contributed by atoms with van der Waals surface area (Å²) in [6.45, 7) is 1.03. The summed E-state index contributed by atoms with van der Waals surface area (Å²) in [6, 6.07) is 0. The molecule has 1 unspecified atom stereocenters. The molecule has 2 fully saturated rings. The van der Waals surface area contributed by atoms with E-state index in [1.165, 1.54) is 38.5 Å². The monoisotopic (exact) mass is 232 g/mol. The van der Waals surface area contributed by atoms with E-state index in [0.717, 1.165) is 11.9 Å². The van der Waals surface area contributed by atoms with Crippen molar-refractivity contribution in [1.82, 2.24) is 0 Å². The maximum absolute atomic E-state index is 5.75. The highest BCUT2D eigenvalue weighted by Crippen LogP contribution is 2.45. The fourth-order valence-corrected chi connectivity index (χ4v) is 3.06. The van der Waals surface area contributed by atoms with E-state index in [2.05, 4.69) is 15.9 Å². The molecule has 1 saturated carbocycles. The zero-order chi connectivity index (χ0) is 8.44. The number of halogens is 1. The van der Waals surface area contributed by atoms with Crippen LogP contribution < -0.4 is 0 Å². The maximum Gasteiger partial charge on any atom is 0.0678 e. The molecule has 1 atom stereocenters. The van der Waals surface area contributed by atoms with E-state index in [1.807, 2.05) is 0 Å². The van der Waals surface area contributed by atoms with Crippen LogP contribution in [-0.4, -0.2) is 18.0 Å². The van der Waals surface area contributed by atoms with Gasteiger partial charge in [-0.2, -0.15) is 0 Å². The molecule has 1 aliphatic heterocycles. The summed E-state index contributed by atoms with van der Waals surface area (Å²) in [5.74, 6) is 0. The molecule has 12 heavy (non-hydrogen) atoms. The molecule has 2 rings (SSSR count). The fraction of sp³-hybridized carbons (Fsp3) is 1.00. The van der Waals surface area contributed by atoms with Gasteiger partial charge in [0.05, 0.1) is 12.7 Å². The molecule has 1 spiro atoms. The molecule has 0 bridgehead atoms. The van der Waals surface area contributed by atoms with Crippen molar-refractivity contribution in [1.29, 1.82) is 0 Å². The van der Waals surface area contributed by atoms with Crippen LogP contribution >= 0.6 is 15.9 Å². The van der Waals surface area contributed by atoms with Crippen molar-refractivity contribution in [2.45, 2.75) is 44.6 Å². The van der Waals surface area contributed by atoms with Gasteiger partial charge in [-0.05, 0) is 24.7 Å². The highest BCUT2D eigenvalue weighted by molar-refractivity contribution is 9.09. The first kappa shape index (κ1) is 9.01. The molecule has 2 heteroatoms. The smallest absolute Gasteiger partial charge is 0.0678 e. The highest BCUT2D eigenvalue weighted by atomic mass is 79.9. The van der Waals surface area contributed by atoms with Crippen molar-refractivity contribution in [3.8, 4) is 0 Å². The number of hydrogen-bond acceptors (Lipinski definition) is 1. The van der Waals surface area contributed by atoms with Gasteiger partial charge in [0, 0.05) is 5.33 Å². The average Bonchev–Trinajstić information content (AvgIpc) is 2.50. The lowest BCUT2D eigenvalue weighted by Gasteiger charge is -2.31. The topological polar surface area (TPSA) is 9.23 Å². The minimum absolute atomic E-state index is 0.503. The van der Waals surface area contributed by atoms with Crippen LogP contribution in [0, 0.1) is 5.41 Å². The Balaban J connectivity index is 1.94. The molecule has 0 radical (unpaired) electrons. The highest BCUT2D eigenvalue weighted by Gasteiger charge is 2.40. The van der Waals surface area contributed by atoms with Crippen molar-refractivity contribution >= 4 is 15.9 Å². The van der Waals surface area contributed by atoms with E-state index >= 15 is 0 Å². The van der Waals surface area contributed by atoms with Gasteiger partial charge in [0.2, 0.25) is 0 Å². The largest absolute Gasteiger partial charge is 0.377 e. The van der Waals surface area contributed by atoms with E-state index in [9.17, 15) is 0 Å². The molecular weight excluding hydrogens is 216 g/mol. The van der Waals surface area contributed by atoms with Crippen LogP contribution in [0.1, 0.15) is 38.5 Å². The van der Waals surface area contributed by atoms with E-state index in [0.29, 0.717) is 11.5 Å². The molecule has 1 saturated heterocycles. The Labute approximate surface area is 83.0 Å². The van der Waals surface area contributed by atoms with Crippen molar-refractivity contribution in [2.24, 2.45) is 5.41 Å². The van der Waals surface area contributed by atoms with Crippen LogP contribution in [0.5, 0.6) is 0 Å². The van der Waals surface area contributed by atoms with Crippen molar-refractivity contribution in [3.05, 3.63) is 0 Å². The molecule has 70 valence electrons. The lowest BCUT2D eigenvalue weighted by Crippen LogP contribution is -2.24. The summed E-state index contributed by atoms with van der Waals surface area (Å²) < 4.78 is 5.75. The summed E-state index contributed by atoms with van der Waals surface area (Å²) in [4.78, 5) is 0. The van der Waals surface area contributed by atoms with Crippen LogP contribution in [0.25, 0.3) is 0 Å². The molecule has 0 N–H and O–H groups in total. The van der Waals surface area contributed by atoms with Crippen LogP contribution in [-0.2, 0) is 4.74 Å². The van der Waals surface area contributed by atoms with E-state index in [-0.39, 0.29) is 0 Å². The van der Waals surface area contributed by atoms with Crippen LogP contribution in [0.4, 0.5) is 0 Å². The first-order valence-electron chi connectivity index (χ1n) is 5.02. The number of rotatable bonds is 1. The van der Waals surface area contributed by atoms with E-state index in [1.54, 1.807) is 0 Å². The maximum atomic E-state index is 5.75. The van der Waals surface area contributed by atoms with Gasteiger partial charge in [0.1, 0.15) is 0 Å². The van der Waals surface area contributed by atoms with Gasteiger partial charge in [0.15, 0.2) is 0 Å². The fourth-order valence-electron chi connectivity index (χ4n) is 2.64. The van der Waals surface area contributed by atoms with Gasteiger partial charge in [-0.25, -0.2) is 0 Å². The lowest BCUT2D eigenvalue weighted by atomic mass is 9.73. The van der Waals surface area contributed by atoms with Crippen molar-refractivity contribution in [2.75, 3.05) is 11.9 Å². The van der Waals surface area contributed by atoms with Gasteiger partial charge in [0.25, 0.3) is 0 Å². The lowest BCUT2D eigenvalue weighted by molar-refractivity contribution is 0.0949. The molecule has 2 aliphatic rings. The Bertz CT molecular complexity index is 152. The molecule has 0 aromatic heterocycles. The first-order chi connectivity index (χ1) is 5.85. The summed E-state index contributed by atoms with van der Waals surface area (Å²) in [5, 5.41) is 1.02. The average molecular weight is 233 g/mol. The predicted octanol–water partition coefficient (Wildman–Crippen LogP) is 3.12. The van der Waals surface area contributed by atoms with Gasteiger partial charge in [-0.1, -0.05) is 35.2 Å². The molecule has 0 aromatic carbocycles. The SMILES string of the molecule is BrCC1CC2(CCCCC2)CO1.